The number of hydrogen-bond donors (Lipinski definition) is 1. The SMILES string of the molecule is O=C([C@@H](CO)c1ncccc1F)N1Cc2cn(S(=O)(=O)c3ccn(CC(F)F)n3)nc2C1. The zero-order valence-corrected chi connectivity index (χ0v) is 17.2. The zero-order valence-electron chi connectivity index (χ0n) is 16.3. The van der Waals surface area contributed by atoms with E-state index in [1.165, 1.54) is 23.4 Å². The monoisotopic (exact) mass is 470 g/mol. The Labute approximate surface area is 180 Å². The van der Waals surface area contributed by atoms with E-state index in [1.807, 2.05) is 0 Å². The van der Waals surface area contributed by atoms with Crippen molar-refractivity contribution in [1.29, 1.82) is 0 Å². The third kappa shape index (κ3) is 3.98. The number of aliphatic hydroxyl groups is 1. The highest BCUT2D eigenvalue weighted by Gasteiger charge is 2.35. The molecule has 4 heterocycles. The number of hydrogen-bond acceptors (Lipinski definition) is 7. The number of carbonyl (C=O) groups excluding carboxylic acids is 1. The lowest BCUT2D eigenvalue weighted by Gasteiger charge is -2.21. The quantitative estimate of drug-likeness (QED) is 0.540. The van der Waals surface area contributed by atoms with E-state index in [1.54, 1.807) is 0 Å². The number of carbonyl (C=O) groups is 1. The summed E-state index contributed by atoms with van der Waals surface area (Å²) in [5.41, 5.74) is 0.552. The smallest absolute Gasteiger partial charge is 0.302 e. The van der Waals surface area contributed by atoms with Gasteiger partial charge in [-0.15, -0.1) is 0 Å². The van der Waals surface area contributed by atoms with Crippen LogP contribution in [-0.4, -0.2) is 61.3 Å². The van der Waals surface area contributed by atoms with Crippen molar-refractivity contribution in [2.75, 3.05) is 6.61 Å². The first kappa shape index (κ1) is 22.0. The van der Waals surface area contributed by atoms with E-state index in [0.29, 0.717) is 15.3 Å². The molecule has 1 N–H and O–H groups in total. The summed E-state index contributed by atoms with van der Waals surface area (Å²) in [7, 11) is -4.21. The van der Waals surface area contributed by atoms with Gasteiger partial charge in [-0.05, 0) is 18.2 Å². The largest absolute Gasteiger partial charge is 0.395 e. The van der Waals surface area contributed by atoms with Gasteiger partial charge in [0.05, 0.1) is 24.5 Å². The molecule has 1 aliphatic heterocycles. The number of aliphatic hydroxyl groups excluding tert-OH is 1. The fourth-order valence-corrected chi connectivity index (χ4v) is 4.49. The van der Waals surface area contributed by atoms with Gasteiger partial charge in [-0.1, -0.05) is 0 Å². The van der Waals surface area contributed by atoms with E-state index in [2.05, 4.69) is 15.2 Å². The highest BCUT2D eigenvalue weighted by Crippen LogP contribution is 2.27. The Bertz CT molecular complexity index is 1240. The molecule has 0 radical (unpaired) electrons. The van der Waals surface area contributed by atoms with Gasteiger partial charge < -0.3 is 10.0 Å². The fraction of sp³-hybridized carbons (Fsp3) is 0.333. The van der Waals surface area contributed by atoms with Crippen LogP contribution >= 0.6 is 0 Å². The lowest BCUT2D eigenvalue weighted by Crippen LogP contribution is -2.34. The Morgan fingerprint density at radius 2 is 2.00 bits per heavy atom. The Balaban J connectivity index is 1.52. The maximum Gasteiger partial charge on any atom is 0.302 e. The lowest BCUT2D eigenvalue weighted by atomic mass is 10.0. The maximum atomic E-state index is 14.0. The molecular formula is C18H17F3N6O4S. The topological polar surface area (TPSA) is 123 Å². The van der Waals surface area contributed by atoms with Crippen LogP contribution < -0.4 is 0 Å². The maximum absolute atomic E-state index is 14.0. The minimum absolute atomic E-state index is 0.00549. The van der Waals surface area contributed by atoms with E-state index in [-0.39, 0.29) is 18.8 Å². The summed E-state index contributed by atoms with van der Waals surface area (Å²) in [5, 5.41) is 16.8. The second-order valence-corrected chi connectivity index (χ2v) is 8.79. The third-order valence-corrected chi connectivity index (χ3v) is 6.35. The van der Waals surface area contributed by atoms with Crippen molar-refractivity contribution in [3.63, 3.8) is 0 Å². The van der Waals surface area contributed by atoms with Gasteiger partial charge in [0.25, 0.3) is 6.43 Å². The molecule has 0 spiro atoms. The van der Waals surface area contributed by atoms with Crippen LogP contribution in [0.15, 0.2) is 41.8 Å². The van der Waals surface area contributed by atoms with Crippen LogP contribution in [0.5, 0.6) is 0 Å². The van der Waals surface area contributed by atoms with Gasteiger partial charge in [-0.3, -0.25) is 14.5 Å². The van der Waals surface area contributed by atoms with Crippen molar-refractivity contribution < 1.29 is 31.5 Å². The van der Waals surface area contributed by atoms with Crippen molar-refractivity contribution in [3.8, 4) is 0 Å². The van der Waals surface area contributed by atoms with Gasteiger partial charge in [0.1, 0.15) is 18.3 Å². The molecule has 32 heavy (non-hydrogen) atoms. The number of alkyl halides is 2. The van der Waals surface area contributed by atoms with Crippen LogP contribution in [0.25, 0.3) is 0 Å². The van der Waals surface area contributed by atoms with Crippen molar-refractivity contribution in [1.82, 2.24) is 28.9 Å². The predicted octanol–water partition coefficient (Wildman–Crippen LogP) is 0.734. The molecule has 0 unspecified atom stereocenters. The van der Waals surface area contributed by atoms with E-state index >= 15 is 0 Å². The molecular weight excluding hydrogens is 453 g/mol. The molecule has 0 bridgehead atoms. The number of rotatable bonds is 7. The van der Waals surface area contributed by atoms with E-state index in [0.717, 1.165) is 23.0 Å². The molecule has 1 atom stereocenters. The third-order valence-electron chi connectivity index (χ3n) is 4.92. The minimum atomic E-state index is -4.21. The Hall–Kier alpha value is -3.26. The number of halogens is 3. The van der Waals surface area contributed by atoms with Gasteiger partial charge >= 0.3 is 10.0 Å². The Morgan fingerprint density at radius 1 is 1.22 bits per heavy atom. The average Bonchev–Trinajstić information content (AvgIpc) is 3.44. The van der Waals surface area contributed by atoms with E-state index in [9.17, 15) is 31.5 Å². The minimum Gasteiger partial charge on any atom is -0.395 e. The Kier molecular flexibility index (Phi) is 5.73. The number of aromatic nitrogens is 5. The summed E-state index contributed by atoms with van der Waals surface area (Å²) >= 11 is 0. The summed E-state index contributed by atoms with van der Waals surface area (Å²) in [6.45, 7) is -1.46. The second kappa shape index (κ2) is 8.35. The first-order valence-corrected chi connectivity index (χ1v) is 10.8. The summed E-state index contributed by atoms with van der Waals surface area (Å²) < 4.78 is 65.9. The second-order valence-electron chi connectivity index (χ2n) is 7.05. The molecule has 3 aromatic rings. The van der Waals surface area contributed by atoms with E-state index in [4.69, 9.17) is 0 Å². The van der Waals surface area contributed by atoms with Gasteiger partial charge in [0.2, 0.25) is 5.91 Å². The van der Waals surface area contributed by atoms with Crippen molar-refractivity contribution in [2.45, 2.75) is 37.0 Å². The van der Waals surface area contributed by atoms with Crippen molar-refractivity contribution in [2.24, 2.45) is 0 Å². The standard InChI is InChI=1S/C18H17F3N6O4S/c19-13-2-1-4-22-17(13)12(10-28)18(29)25-6-11-7-27(23-14(11)8-25)32(30,31)16-3-5-26(24-16)9-15(20)21/h1-5,7,12,15,28H,6,8-10H2/t12-/m0/s1. The highest BCUT2D eigenvalue weighted by atomic mass is 32.2. The normalized spacial score (nSPS) is 14.7. The molecule has 170 valence electrons. The first-order valence-electron chi connectivity index (χ1n) is 9.35. The molecule has 0 saturated carbocycles. The number of fused-ring (bicyclic) bond motifs is 1. The molecule has 1 amide bonds. The molecule has 4 rings (SSSR count). The molecule has 0 aromatic carbocycles. The molecule has 3 aromatic heterocycles. The summed E-state index contributed by atoms with van der Waals surface area (Å²) in [6.07, 6.45) is 0.956. The number of pyridine rings is 1. The van der Waals surface area contributed by atoms with Crippen LogP contribution in [0.4, 0.5) is 13.2 Å². The highest BCUT2D eigenvalue weighted by molar-refractivity contribution is 7.89. The van der Waals surface area contributed by atoms with Gasteiger partial charge in [-0.25, -0.2) is 13.2 Å². The summed E-state index contributed by atoms with van der Waals surface area (Å²) in [4.78, 5) is 18.0. The predicted molar refractivity (Wildman–Crippen MR) is 101 cm³/mol. The van der Waals surface area contributed by atoms with Crippen LogP contribution in [0.1, 0.15) is 22.9 Å². The molecule has 0 fully saturated rings. The van der Waals surface area contributed by atoms with Crippen molar-refractivity contribution >= 4 is 15.9 Å². The number of amides is 1. The zero-order chi connectivity index (χ0) is 23.0. The average molecular weight is 470 g/mol. The van der Waals surface area contributed by atoms with Gasteiger partial charge in [0.15, 0.2) is 5.03 Å². The summed E-state index contributed by atoms with van der Waals surface area (Å²) in [6, 6.07) is 3.59. The van der Waals surface area contributed by atoms with Gasteiger partial charge in [-0.2, -0.15) is 22.7 Å². The van der Waals surface area contributed by atoms with Gasteiger partial charge in [0, 0.05) is 30.7 Å². The fourth-order valence-electron chi connectivity index (χ4n) is 3.38. The van der Waals surface area contributed by atoms with Crippen LogP contribution in [0.2, 0.25) is 0 Å². The first-order chi connectivity index (χ1) is 15.2. The number of nitrogens with zero attached hydrogens (tertiary/aromatic N) is 6. The van der Waals surface area contributed by atoms with Crippen LogP contribution in [0.3, 0.4) is 0 Å². The molecule has 14 heteroatoms. The van der Waals surface area contributed by atoms with Crippen LogP contribution in [0, 0.1) is 5.82 Å². The molecule has 0 saturated heterocycles. The van der Waals surface area contributed by atoms with Crippen LogP contribution in [-0.2, 0) is 34.5 Å². The summed E-state index contributed by atoms with van der Waals surface area (Å²) in [5.74, 6) is -2.52. The van der Waals surface area contributed by atoms with Crippen molar-refractivity contribution in [3.05, 3.63) is 59.6 Å². The lowest BCUT2D eigenvalue weighted by molar-refractivity contribution is -0.134. The molecule has 10 nitrogen and oxygen atoms in total. The van der Waals surface area contributed by atoms with E-state index < -0.39 is 52.3 Å². The molecule has 1 aliphatic rings. The Morgan fingerprint density at radius 3 is 2.66 bits per heavy atom. The molecule has 0 aliphatic carbocycles.